The quantitative estimate of drug-likeness (QED) is 0.591. The summed E-state index contributed by atoms with van der Waals surface area (Å²) in [4.78, 5) is 5.04. The zero-order valence-corrected chi connectivity index (χ0v) is 11.1. The zero-order valence-electron chi connectivity index (χ0n) is 10.3. The van der Waals surface area contributed by atoms with Gasteiger partial charge in [0, 0.05) is 28.8 Å². The van der Waals surface area contributed by atoms with Crippen LogP contribution >= 0.6 is 11.3 Å². The Balaban J connectivity index is 2.44. The van der Waals surface area contributed by atoms with Crippen molar-refractivity contribution in [2.75, 3.05) is 13.6 Å². The molecule has 1 heterocycles. The third-order valence-corrected chi connectivity index (χ3v) is 3.82. The van der Waals surface area contributed by atoms with Gasteiger partial charge in [-0.2, -0.15) is 0 Å². The van der Waals surface area contributed by atoms with Crippen LogP contribution in [-0.2, 0) is 13.0 Å². The van der Waals surface area contributed by atoms with Crippen molar-refractivity contribution in [3.05, 3.63) is 21.9 Å². The molecule has 16 heavy (non-hydrogen) atoms. The molecule has 0 radical (unpaired) electrons. The molecule has 1 unspecified atom stereocenters. The van der Waals surface area contributed by atoms with Crippen LogP contribution in [0.1, 0.15) is 23.6 Å². The van der Waals surface area contributed by atoms with Crippen molar-refractivity contribution < 1.29 is 0 Å². The fourth-order valence-corrected chi connectivity index (χ4v) is 2.63. The normalized spacial score (nSPS) is 13.0. The minimum absolute atomic E-state index is 0.135. The standard InChI is InChI=1S/C12H21N3S/c1-4-10-5-6-11(16-10)8-15(3)7-9(2)12(13)14/h5-6,9H,4,7-8H2,1-3H3,(H3,13,14). The second-order valence-electron chi connectivity index (χ2n) is 4.27. The highest BCUT2D eigenvalue weighted by molar-refractivity contribution is 7.11. The van der Waals surface area contributed by atoms with E-state index in [0.717, 1.165) is 19.5 Å². The van der Waals surface area contributed by atoms with Crippen LogP contribution in [0.15, 0.2) is 12.1 Å². The number of hydrogen-bond donors (Lipinski definition) is 2. The Bertz CT molecular complexity index is 346. The van der Waals surface area contributed by atoms with Crippen LogP contribution in [0, 0.1) is 11.3 Å². The lowest BCUT2D eigenvalue weighted by Gasteiger charge is -2.19. The summed E-state index contributed by atoms with van der Waals surface area (Å²) in [7, 11) is 2.07. The minimum atomic E-state index is 0.135. The zero-order chi connectivity index (χ0) is 12.1. The molecule has 4 heteroatoms. The Morgan fingerprint density at radius 3 is 2.62 bits per heavy atom. The third kappa shape index (κ3) is 3.94. The molecule has 0 aliphatic carbocycles. The Morgan fingerprint density at radius 1 is 1.50 bits per heavy atom. The van der Waals surface area contributed by atoms with E-state index < -0.39 is 0 Å². The molecule has 0 spiro atoms. The van der Waals surface area contributed by atoms with Crippen molar-refractivity contribution >= 4 is 17.2 Å². The maximum absolute atomic E-state index is 7.36. The molecule has 0 bridgehead atoms. The van der Waals surface area contributed by atoms with Crippen LogP contribution in [0.25, 0.3) is 0 Å². The number of nitrogens with zero attached hydrogens (tertiary/aromatic N) is 1. The van der Waals surface area contributed by atoms with E-state index >= 15 is 0 Å². The second kappa shape index (κ2) is 6.01. The Labute approximate surface area is 102 Å². The van der Waals surface area contributed by atoms with Gasteiger partial charge in [-0.3, -0.25) is 5.41 Å². The Hall–Kier alpha value is -0.870. The van der Waals surface area contributed by atoms with Gasteiger partial charge in [0.2, 0.25) is 0 Å². The summed E-state index contributed by atoms with van der Waals surface area (Å²) < 4.78 is 0. The summed E-state index contributed by atoms with van der Waals surface area (Å²) >= 11 is 1.87. The van der Waals surface area contributed by atoms with Gasteiger partial charge in [-0.25, -0.2) is 0 Å². The molecule has 0 saturated carbocycles. The fraction of sp³-hybridized carbons (Fsp3) is 0.583. The average molecular weight is 239 g/mol. The monoisotopic (exact) mass is 239 g/mol. The number of amidine groups is 1. The largest absolute Gasteiger partial charge is 0.387 e. The van der Waals surface area contributed by atoms with Crippen molar-refractivity contribution in [3.63, 3.8) is 0 Å². The molecule has 1 aromatic rings. The van der Waals surface area contributed by atoms with Gasteiger partial charge >= 0.3 is 0 Å². The maximum Gasteiger partial charge on any atom is 0.0947 e. The van der Waals surface area contributed by atoms with E-state index in [1.54, 1.807) is 0 Å². The van der Waals surface area contributed by atoms with Crippen molar-refractivity contribution in [3.8, 4) is 0 Å². The number of nitrogens with one attached hydrogen (secondary N) is 1. The van der Waals surface area contributed by atoms with E-state index in [1.807, 2.05) is 18.3 Å². The lowest BCUT2D eigenvalue weighted by Crippen LogP contribution is -2.31. The molecule has 0 aromatic carbocycles. The molecule has 0 fully saturated rings. The second-order valence-corrected chi connectivity index (χ2v) is 5.53. The highest BCUT2D eigenvalue weighted by atomic mass is 32.1. The van der Waals surface area contributed by atoms with E-state index in [-0.39, 0.29) is 11.8 Å². The highest BCUT2D eigenvalue weighted by Gasteiger charge is 2.10. The van der Waals surface area contributed by atoms with Crippen molar-refractivity contribution in [2.24, 2.45) is 11.7 Å². The number of thiophene rings is 1. The lowest BCUT2D eigenvalue weighted by molar-refractivity contribution is 0.309. The van der Waals surface area contributed by atoms with Gasteiger partial charge in [0.15, 0.2) is 0 Å². The fourth-order valence-electron chi connectivity index (χ4n) is 1.59. The van der Waals surface area contributed by atoms with Crippen molar-refractivity contribution in [2.45, 2.75) is 26.8 Å². The molecule has 0 amide bonds. The summed E-state index contributed by atoms with van der Waals surface area (Å²) in [6, 6.07) is 4.39. The van der Waals surface area contributed by atoms with Crippen LogP contribution < -0.4 is 5.73 Å². The van der Waals surface area contributed by atoms with Gasteiger partial charge in [0.25, 0.3) is 0 Å². The van der Waals surface area contributed by atoms with Crippen LogP contribution in [0.3, 0.4) is 0 Å². The molecule has 3 N–H and O–H groups in total. The third-order valence-electron chi connectivity index (χ3n) is 2.61. The van der Waals surface area contributed by atoms with Crippen LogP contribution in [0.2, 0.25) is 0 Å². The van der Waals surface area contributed by atoms with E-state index in [4.69, 9.17) is 11.1 Å². The topological polar surface area (TPSA) is 53.1 Å². The first-order chi connectivity index (χ1) is 7.52. The summed E-state index contributed by atoms with van der Waals surface area (Å²) in [5, 5.41) is 7.36. The SMILES string of the molecule is CCc1ccc(CN(C)CC(C)C(=N)N)s1. The Kier molecular flexibility index (Phi) is 4.96. The summed E-state index contributed by atoms with van der Waals surface area (Å²) in [5.41, 5.74) is 5.46. The molecule has 0 saturated heterocycles. The van der Waals surface area contributed by atoms with Gasteiger partial charge < -0.3 is 10.6 Å². The number of hydrogen-bond acceptors (Lipinski definition) is 3. The van der Waals surface area contributed by atoms with Crippen molar-refractivity contribution in [1.29, 1.82) is 5.41 Å². The van der Waals surface area contributed by atoms with Gasteiger partial charge in [-0.1, -0.05) is 13.8 Å². The molecule has 1 aromatic heterocycles. The van der Waals surface area contributed by atoms with E-state index in [0.29, 0.717) is 0 Å². The first-order valence-electron chi connectivity index (χ1n) is 5.63. The van der Waals surface area contributed by atoms with E-state index in [1.165, 1.54) is 9.75 Å². The molecule has 3 nitrogen and oxygen atoms in total. The summed E-state index contributed by atoms with van der Waals surface area (Å²) in [6.45, 7) is 5.96. The smallest absolute Gasteiger partial charge is 0.0947 e. The van der Waals surface area contributed by atoms with E-state index in [2.05, 4.69) is 31.0 Å². The van der Waals surface area contributed by atoms with E-state index in [9.17, 15) is 0 Å². The van der Waals surface area contributed by atoms with Gasteiger partial charge in [-0.05, 0) is 25.6 Å². The van der Waals surface area contributed by atoms with Crippen LogP contribution in [0.4, 0.5) is 0 Å². The lowest BCUT2D eigenvalue weighted by atomic mass is 10.1. The minimum Gasteiger partial charge on any atom is -0.387 e. The van der Waals surface area contributed by atoms with Gasteiger partial charge in [0.1, 0.15) is 0 Å². The molecule has 1 atom stereocenters. The molecule has 0 aliphatic heterocycles. The predicted octanol–water partition coefficient (Wildman–Crippen LogP) is 2.31. The van der Waals surface area contributed by atoms with Gasteiger partial charge in [0.05, 0.1) is 5.84 Å². The maximum atomic E-state index is 7.36. The van der Waals surface area contributed by atoms with Crippen LogP contribution in [-0.4, -0.2) is 24.3 Å². The Morgan fingerprint density at radius 2 is 2.12 bits per heavy atom. The number of nitrogens with two attached hydrogens (primary N) is 1. The molecule has 0 aliphatic rings. The number of rotatable bonds is 6. The summed E-state index contributed by atoms with van der Waals surface area (Å²) in [5.74, 6) is 0.405. The van der Waals surface area contributed by atoms with Crippen molar-refractivity contribution in [1.82, 2.24) is 4.90 Å². The number of aryl methyl sites for hydroxylation is 1. The predicted molar refractivity (Wildman–Crippen MR) is 71.1 cm³/mol. The molecule has 1 rings (SSSR count). The summed E-state index contributed by atoms with van der Waals surface area (Å²) in [6.07, 6.45) is 1.11. The molecular formula is C12H21N3S. The molecule has 90 valence electrons. The molecular weight excluding hydrogens is 218 g/mol. The first kappa shape index (κ1) is 13.2. The van der Waals surface area contributed by atoms with Gasteiger partial charge in [-0.15, -0.1) is 11.3 Å². The van der Waals surface area contributed by atoms with Crippen LogP contribution in [0.5, 0.6) is 0 Å². The first-order valence-corrected chi connectivity index (χ1v) is 6.44. The average Bonchev–Trinajstić information content (AvgIpc) is 2.65. The highest BCUT2D eigenvalue weighted by Crippen LogP contribution is 2.18.